The normalized spacial score (nSPS) is 10.2. The number of hydrogen-bond donors (Lipinski definition) is 2. The number of hydrogen-bond acceptors (Lipinski definition) is 2. The van der Waals surface area contributed by atoms with Crippen molar-refractivity contribution in [3.8, 4) is 5.75 Å². The molecule has 0 aliphatic rings. The van der Waals surface area contributed by atoms with E-state index in [4.69, 9.17) is 0 Å². The van der Waals surface area contributed by atoms with Gasteiger partial charge in [0.1, 0.15) is 5.75 Å². The number of carbonyl (C=O) groups excluding carboxylic acids is 1. The quantitative estimate of drug-likeness (QED) is 0.600. The summed E-state index contributed by atoms with van der Waals surface area (Å²) in [6, 6.07) is 4.80. The fourth-order valence-corrected chi connectivity index (χ4v) is 2.00. The Morgan fingerprint density at radius 1 is 1.29 bits per heavy atom. The first-order chi connectivity index (χ1) is 8.15. The summed E-state index contributed by atoms with van der Waals surface area (Å²) >= 11 is 6.54. The van der Waals surface area contributed by atoms with Crippen LogP contribution >= 0.6 is 31.9 Å². The van der Waals surface area contributed by atoms with E-state index >= 15 is 0 Å². The van der Waals surface area contributed by atoms with Gasteiger partial charge in [-0.05, 0) is 47.0 Å². The van der Waals surface area contributed by atoms with E-state index < -0.39 is 0 Å². The highest BCUT2D eigenvalue weighted by molar-refractivity contribution is 9.10. The van der Waals surface area contributed by atoms with Crippen molar-refractivity contribution < 1.29 is 9.90 Å². The first kappa shape index (κ1) is 14.5. The second-order valence-corrected chi connectivity index (χ2v) is 5.32. The molecule has 5 heteroatoms. The molecule has 0 radical (unpaired) electrons. The van der Waals surface area contributed by atoms with Crippen LogP contribution < -0.4 is 5.32 Å². The van der Waals surface area contributed by atoms with Crippen LogP contribution in [-0.2, 0) is 0 Å². The molecule has 1 aromatic carbocycles. The first-order valence-corrected chi connectivity index (χ1v) is 7.39. The van der Waals surface area contributed by atoms with Gasteiger partial charge in [0.05, 0.1) is 4.47 Å². The van der Waals surface area contributed by atoms with E-state index in [0.29, 0.717) is 16.6 Å². The number of unbranched alkanes of at least 4 members (excludes halogenated alkanes) is 2. The molecule has 0 saturated heterocycles. The Labute approximate surface area is 118 Å². The third kappa shape index (κ3) is 5.08. The minimum Gasteiger partial charge on any atom is -0.507 e. The van der Waals surface area contributed by atoms with E-state index in [0.717, 1.165) is 24.6 Å². The monoisotopic (exact) mass is 363 g/mol. The van der Waals surface area contributed by atoms with Gasteiger partial charge in [0.15, 0.2) is 0 Å². The van der Waals surface area contributed by atoms with Crippen LogP contribution in [0.15, 0.2) is 22.7 Å². The summed E-state index contributed by atoms with van der Waals surface area (Å²) in [5.41, 5.74) is 0.478. The molecule has 17 heavy (non-hydrogen) atoms. The Kier molecular flexibility index (Phi) is 6.58. The van der Waals surface area contributed by atoms with Crippen molar-refractivity contribution in [2.75, 3.05) is 11.9 Å². The summed E-state index contributed by atoms with van der Waals surface area (Å²) < 4.78 is 0.589. The zero-order chi connectivity index (χ0) is 12.7. The third-order valence-electron chi connectivity index (χ3n) is 2.30. The van der Waals surface area contributed by atoms with Gasteiger partial charge in [0, 0.05) is 17.4 Å². The van der Waals surface area contributed by atoms with E-state index in [9.17, 15) is 9.90 Å². The molecule has 0 unspecified atom stereocenters. The Morgan fingerprint density at radius 2 is 2.06 bits per heavy atom. The van der Waals surface area contributed by atoms with E-state index in [1.807, 2.05) is 0 Å². The average Bonchev–Trinajstić information content (AvgIpc) is 2.32. The molecule has 94 valence electrons. The third-order valence-corrected chi connectivity index (χ3v) is 3.54. The molecule has 0 aliphatic heterocycles. The molecule has 1 amide bonds. The van der Waals surface area contributed by atoms with Crippen molar-refractivity contribution in [3.63, 3.8) is 0 Å². The standard InChI is InChI=1S/C12H15Br2NO2/c13-6-2-1-3-7-15-12(17)9-4-5-10(14)11(16)8-9/h4-5,8,16H,1-3,6-7H2,(H,15,17). The highest BCUT2D eigenvalue weighted by Crippen LogP contribution is 2.24. The lowest BCUT2D eigenvalue weighted by atomic mass is 10.2. The molecule has 0 fully saturated rings. The fourth-order valence-electron chi connectivity index (χ4n) is 1.35. The second-order valence-electron chi connectivity index (χ2n) is 3.67. The highest BCUT2D eigenvalue weighted by Gasteiger charge is 2.07. The van der Waals surface area contributed by atoms with Gasteiger partial charge >= 0.3 is 0 Å². The Hall–Kier alpha value is -0.550. The Bertz CT molecular complexity index is 383. The molecule has 1 aromatic rings. The molecular formula is C12H15Br2NO2. The molecule has 3 nitrogen and oxygen atoms in total. The number of nitrogens with one attached hydrogen (secondary N) is 1. The summed E-state index contributed by atoms with van der Waals surface area (Å²) in [7, 11) is 0. The lowest BCUT2D eigenvalue weighted by Gasteiger charge is -2.05. The number of phenolic OH excluding ortho intramolecular Hbond substituents is 1. The summed E-state index contributed by atoms with van der Waals surface area (Å²) in [5.74, 6) is -0.0661. The van der Waals surface area contributed by atoms with Crippen molar-refractivity contribution in [3.05, 3.63) is 28.2 Å². The molecule has 0 heterocycles. The van der Waals surface area contributed by atoms with Crippen LogP contribution in [0.3, 0.4) is 0 Å². The van der Waals surface area contributed by atoms with Crippen LogP contribution in [0, 0.1) is 0 Å². The van der Waals surface area contributed by atoms with E-state index in [1.165, 1.54) is 6.07 Å². The number of carbonyl (C=O) groups is 1. The zero-order valence-electron chi connectivity index (χ0n) is 9.38. The molecule has 0 saturated carbocycles. The maximum atomic E-state index is 11.7. The first-order valence-electron chi connectivity index (χ1n) is 5.48. The topological polar surface area (TPSA) is 49.3 Å². The average molecular weight is 365 g/mol. The van der Waals surface area contributed by atoms with Gasteiger partial charge in [-0.15, -0.1) is 0 Å². The van der Waals surface area contributed by atoms with E-state index in [-0.39, 0.29) is 11.7 Å². The predicted octanol–water partition coefficient (Wildman–Crippen LogP) is 3.45. The molecule has 2 N–H and O–H groups in total. The predicted molar refractivity (Wildman–Crippen MR) is 75.8 cm³/mol. The van der Waals surface area contributed by atoms with Gasteiger partial charge in [-0.2, -0.15) is 0 Å². The number of alkyl halides is 1. The Balaban J connectivity index is 2.39. The second kappa shape index (κ2) is 7.71. The number of rotatable bonds is 6. The molecule has 0 aromatic heterocycles. The number of aromatic hydroxyl groups is 1. The summed E-state index contributed by atoms with van der Waals surface area (Å²) in [6.07, 6.45) is 3.19. The van der Waals surface area contributed by atoms with Gasteiger partial charge < -0.3 is 10.4 Å². The largest absolute Gasteiger partial charge is 0.507 e. The molecule has 0 atom stereocenters. The van der Waals surface area contributed by atoms with Gasteiger partial charge in [0.25, 0.3) is 5.91 Å². The van der Waals surface area contributed by atoms with Crippen LogP contribution in [0.2, 0.25) is 0 Å². The Morgan fingerprint density at radius 3 is 2.71 bits per heavy atom. The molecule has 0 bridgehead atoms. The zero-order valence-corrected chi connectivity index (χ0v) is 12.6. The van der Waals surface area contributed by atoms with Crippen molar-refractivity contribution in [1.82, 2.24) is 5.32 Å². The highest BCUT2D eigenvalue weighted by atomic mass is 79.9. The van der Waals surface area contributed by atoms with E-state index in [1.54, 1.807) is 12.1 Å². The minimum absolute atomic E-state index is 0.0805. The summed E-state index contributed by atoms with van der Waals surface area (Å²) in [4.78, 5) is 11.7. The van der Waals surface area contributed by atoms with Crippen molar-refractivity contribution in [2.45, 2.75) is 19.3 Å². The van der Waals surface area contributed by atoms with E-state index in [2.05, 4.69) is 37.2 Å². The number of benzene rings is 1. The fraction of sp³-hybridized carbons (Fsp3) is 0.417. The lowest BCUT2D eigenvalue weighted by molar-refractivity contribution is 0.0952. The maximum Gasteiger partial charge on any atom is 0.251 e. The maximum absolute atomic E-state index is 11.7. The summed E-state index contributed by atoms with van der Waals surface area (Å²) in [5, 5.41) is 13.3. The van der Waals surface area contributed by atoms with Gasteiger partial charge in [-0.1, -0.05) is 22.4 Å². The van der Waals surface area contributed by atoms with Crippen LogP contribution in [0.25, 0.3) is 0 Å². The van der Waals surface area contributed by atoms with Gasteiger partial charge in [0.2, 0.25) is 0 Å². The van der Waals surface area contributed by atoms with Crippen LogP contribution in [0.4, 0.5) is 0 Å². The summed E-state index contributed by atoms with van der Waals surface area (Å²) in [6.45, 7) is 0.669. The van der Waals surface area contributed by atoms with Crippen LogP contribution in [0.1, 0.15) is 29.6 Å². The van der Waals surface area contributed by atoms with Crippen molar-refractivity contribution in [2.24, 2.45) is 0 Å². The molecule has 0 spiro atoms. The van der Waals surface area contributed by atoms with Gasteiger partial charge in [-0.3, -0.25) is 4.79 Å². The minimum atomic E-state index is -0.147. The smallest absolute Gasteiger partial charge is 0.251 e. The molecule has 0 aliphatic carbocycles. The van der Waals surface area contributed by atoms with Crippen molar-refractivity contribution >= 4 is 37.8 Å². The molecule has 1 rings (SSSR count). The SMILES string of the molecule is O=C(NCCCCCBr)c1ccc(Br)c(O)c1. The van der Waals surface area contributed by atoms with Crippen LogP contribution in [-0.4, -0.2) is 22.9 Å². The van der Waals surface area contributed by atoms with Gasteiger partial charge in [-0.25, -0.2) is 0 Å². The number of halogens is 2. The number of amides is 1. The number of phenols is 1. The van der Waals surface area contributed by atoms with Crippen molar-refractivity contribution in [1.29, 1.82) is 0 Å². The van der Waals surface area contributed by atoms with Crippen LogP contribution in [0.5, 0.6) is 5.75 Å². The lowest BCUT2D eigenvalue weighted by Crippen LogP contribution is -2.24. The molecular weight excluding hydrogens is 350 g/mol.